The van der Waals surface area contributed by atoms with Gasteiger partial charge in [-0.15, -0.1) is 21.5 Å². The van der Waals surface area contributed by atoms with Crippen molar-refractivity contribution in [1.82, 2.24) is 14.8 Å². The second-order valence-electron chi connectivity index (χ2n) is 9.12. The highest BCUT2D eigenvalue weighted by atomic mass is 32.1. The number of fused-ring (bicyclic) bond motifs is 3. The first-order valence-electron chi connectivity index (χ1n) is 11.9. The van der Waals surface area contributed by atoms with Crippen LogP contribution in [0.3, 0.4) is 0 Å². The minimum atomic E-state index is -4.36. The Morgan fingerprint density at radius 2 is 1.74 bits per heavy atom. The van der Waals surface area contributed by atoms with Crippen molar-refractivity contribution in [2.45, 2.75) is 46.0 Å². The number of nitrogens with zero attached hydrogens (tertiary/aromatic N) is 4. The second kappa shape index (κ2) is 9.71. The van der Waals surface area contributed by atoms with Crippen LogP contribution in [-0.2, 0) is 17.5 Å². The van der Waals surface area contributed by atoms with Gasteiger partial charge in [0.05, 0.1) is 17.7 Å². The molecule has 1 atom stereocenters. The van der Waals surface area contributed by atoms with E-state index in [1.54, 1.807) is 11.3 Å². The number of carboxylic acid groups (broad SMARTS) is 1. The molecule has 7 nitrogen and oxygen atoms in total. The van der Waals surface area contributed by atoms with Crippen molar-refractivity contribution in [2.75, 3.05) is 5.32 Å². The number of alkyl halides is 3. The lowest BCUT2D eigenvalue weighted by molar-refractivity contribution is -0.138. The van der Waals surface area contributed by atoms with Crippen LogP contribution in [0.1, 0.15) is 56.8 Å². The van der Waals surface area contributed by atoms with Crippen LogP contribution < -0.4 is 5.32 Å². The number of hydrogen-bond acceptors (Lipinski definition) is 6. The fraction of sp³-hybridized carbons (Fsp3) is 0.259. The molecule has 1 aliphatic heterocycles. The predicted octanol–water partition coefficient (Wildman–Crippen LogP) is 6.25. The number of aromatic nitrogens is 3. The zero-order valence-electron chi connectivity index (χ0n) is 20.8. The smallest absolute Gasteiger partial charge is 0.416 e. The van der Waals surface area contributed by atoms with Crippen LogP contribution in [0.4, 0.5) is 18.9 Å². The van der Waals surface area contributed by atoms with Crippen molar-refractivity contribution in [1.29, 1.82) is 0 Å². The summed E-state index contributed by atoms with van der Waals surface area (Å²) >= 11 is 1.59. The Morgan fingerprint density at radius 3 is 2.37 bits per heavy atom. The average molecular weight is 540 g/mol. The van der Waals surface area contributed by atoms with Crippen LogP contribution in [0.15, 0.2) is 53.5 Å². The van der Waals surface area contributed by atoms with E-state index in [-0.39, 0.29) is 6.42 Å². The summed E-state index contributed by atoms with van der Waals surface area (Å²) in [6, 6.07) is 11.9. The largest absolute Gasteiger partial charge is 0.481 e. The number of hydrogen-bond donors (Lipinski definition) is 2. The zero-order chi connectivity index (χ0) is 27.2. The van der Waals surface area contributed by atoms with Gasteiger partial charge in [0.1, 0.15) is 16.9 Å². The number of thiophene rings is 1. The van der Waals surface area contributed by atoms with Gasteiger partial charge in [0.2, 0.25) is 0 Å². The number of carboxylic acids is 1. The van der Waals surface area contributed by atoms with Gasteiger partial charge in [-0.05, 0) is 56.2 Å². The van der Waals surface area contributed by atoms with Crippen molar-refractivity contribution >= 4 is 28.7 Å². The third-order valence-corrected chi connectivity index (χ3v) is 7.74. The van der Waals surface area contributed by atoms with E-state index >= 15 is 0 Å². The first-order valence-corrected chi connectivity index (χ1v) is 12.7. The maximum Gasteiger partial charge on any atom is 0.416 e. The Balaban J connectivity index is 1.46. The van der Waals surface area contributed by atoms with E-state index in [0.717, 1.165) is 50.0 Å². The van der Waals surface area contributed by atoms with Crippen LogP contribution in [0.25, 0.3) is 5.00 Å². The van der Waals surface area contributed by atoms with Crippen LogP contribution >= 0.6 is 11.3 Å². The van der Waals surface area contributed by atoms with Crippen molar-refractivity contribution in [3.8, 4) is 5.00 Å². The molecule has 3 heterocycles. The number of aryl methyl sites for hydroxylation is 2. The van der Waals surface area contributed by atoms with Gasteiger partial charge in [0, 0.05) is 28.2 Å². The number of nitrogens with one attached hydrogen (secondary N) is 1. The maximum absolute atomic E-state index is 12.8. The van der Waals surface area contributed by atoms with Crippen LogP contribution in [-0.4, -0.2) is 31.6 Å². The third kappa shape index (κ3) is 4.81. The molecular weight excluding hydrogens is 515 g/mol. The zero-order valence-corrected chi connectivity index (χ0v) is 21.6. The third-order valence-electron chi connectivity index (χ3n) is 6.54. The van der Waals surface area contributed by atoms with Gasteiger partial charge in [-0.3, -0.25) is 14.4 Å². The summed E-state index contributed by atoms with van der Waals surface area (Å²) in [6.45, 7) is 6.26. The van der Waals surface area contributed by atoms with E-state index in [0.29, 0.717) is 23.9 Å². The predicted molar refractivity (Wildman–Crippen MR) is 139 cm³/mol. The summed E-state index contributed by atoms with van der Waals surface area (Å²) in [5, 5.41) is 22.2. The summed E-state index contributed by atoms with van der Waals surface area (Å²) in [4.78, 5) is 17.7. The molecule has 1 aliphatic rings. The molecule has 4 aromatic rings. The number of rotatable bonds is 6. The molecule has 2 N–H and O–H groups in total. The summed E-state index contributed by atoms with van der Waals surface area (Å²) < 4.78 is 40.3. The van der Waals surface area contributed by atoms with E-state index in [2.05, 4.69) is 15.5 Å². The van der Waals surface area contributed by atoms with E-state index in [1.807, 2.05) is 49.6 Å². The van der Waals surface area contributed by atoms with Crippen molar-refractivity contribution in [3.05, 3.63) is 92.9 Å². The molecule has 38 heavy (non-hydrogen) atoms. The molecule has 0 amide bonds. The van der Waals surface area contributed by atoms with E-state index in [4.69, 9.17) is 4.99 Å². The van der Waals surface area contributed by atoms with Gasteiger partial charge in [-0.25, -0.2) is 0 Å². The van der Waals surface area contributed by atoms with E-state index in [9.17, 15) is 23.1 Å². The topological polar surface area (TPSA) is 92.4 Å². The van der Waals surface area contributed by atoms with Gasteiger partial charge < -0.3 is 10.4 Å². The average Bonchev–Trinajstić information content (AvgIpc) is 3.34. The summed E-state index contributed by atoms with van der Waals surface area (Å²) in [7, 11) is 0. The summed E-state index contributed by atoms with van der Waals surface area (Å²) in [5.41, 5.74) is 4.32. The monoisotopic (exact) mass is 539 g/mol. The molecule has 0 unspecified atom stereocenters. The minimum Gasteiger partial charge on any atom is -0.481 e. The Kier molecular flexibility index (Phi) is 6.56. The summed E-state index contributed by atoms with van der Waals surface area (Å²) in [5.74, 6) is 0.181. The first-order chi connectivity index (χ1) is 18.0. The maximum atomic E-state index is 12.8. The second-order valence-corrected chi connectivity index (χ2v) is 10.3. The van der Waals surface area contributed by atoms with Crippen molar-refractivity contribution in [3.63, 3.8) is 0 Å². The lowest BCUT2D eigenvalue weighted by Gasteiger charge is -2.12. The molecule has 11 heteroatoms. The number of aliphatic imine (C=N–C) groups is 1. The highest BCUT2D eigenvalue weighted by Crippen LogP contribution is 2.39. The van der Waals surface area contributed by atoms with Gasteiger partial charge in [-0.1, -0.05) is 24.3 Å². The first kappa shape index (κ1) is 25.7. The Bertz CT molecular complexity index is 1540. The molecule has 5 rings (SSSR count). The molecular formula is C27H24F3N5O2S. The van der Waals surface area contributed by atoms with Crippen LogP contribution in [0.5, 0.6) is 0 Å². The van der Waals surface area contributed by atoms with E-state index < -0.39 is 23.8 Å². The Morgan fingerprint density at radius 1 is 1.05 bits per heavy atom. The highest BCUT2D eigenvalue weighted by molar-refractivity contribution is 7.15. The van der Waals surface area contributed by atoms with Crippen molar-refractivity contribution < 1.29 is 23.1 Å². The molecule has 196 valence electrons. The fourth-order valence-corrected chi connectivity index (χ4v) is 5.67. The molecule has 0 fully saturated rings. The molecule has 0 saturated carbocycles. The quantitative estimate of drug-likeness (QED) is 0.302. The number of carbonyl (C=O) groups is 1. The number of benzene rings is 2. The Hall–Kier alpha value is -3.99. The minimum absolute atomic E-state index is 0.221. The van der Waals surface area contributed by atoms with Gasteiger partial charge in [0.15, 0.2) is 5.82 Å². The molecule has 0 spiro atoms. The Labute approximate surface area is 220 Å². The summed E-state index contributed by atoms with van der Waals surface area (Å²) in [6.07, 6.45) is -4.58. The lowest BCUT2D eigenvalue weighted by Crippen LogP contribution is -2.10. The van der Waals surface area contributed by atoms with Gasteiger partial charge >= 0.3 is 12.1 Å². The molecule has 2 aromatic heterocycles. The van der Waals surface area contributed by atoms with Crippen LogP contribution in [0.2, 0.25) is 0 Å². The van der Waals surface area contributed by atoms with Gasteiger partial charge in [-0.2, -0.15) is 13.2 Å². The molecule has 2 aromatic carbocycles. The number of aliphatic carboxylic acids is 1. The van der Waals surface area contributed by atoms with Crippen molar-refractivity contribution in [2.24, 2.45) is 4.99 Å². The lowest BCUT2D eigenvalue weighted by atomic mass is 9.99. The molecule has 0 radical (unpaired) electrons. The number of halogens is 3. The van der Waals surface area contributed by atoms with Gasteiger partial charge in [0.25, 0.3) is 0 Å². The fourth-order valence-electron chi connectivity index (χ4n) is 4.45. The number of anilines is 1. The molecule has 0 bridgehead atoms. The normalized spacial score (nSPS) is 14.9. The van der Waals surface area contributed by atoms with Crippen LogP contribution in [0, 0.1) is 20.8 Å². The molecule has 0 saturated heterocycles. The SMILES string of the molecule is Cc1sc2c(c1C)C(c1ccc(NCc3ccc(C(F)(F)F)cc3)cc1)=N[C@@H](CC(=O)O)c1nnc(C)n1-2. The van der Waals surface area contributed by atoms with E-state index in [1.165, 1.54) is 12.1 Å². The standard InChI is InChI=1S/C27H24F3N5O2S/c1-14-15(2)38-26-23(14)24(32-21(12-22(36)37)25-34-33-16(3)35(25)26)18-6-10-20(11-7-18)31-13-17-4-8-19(9-5-17)27(28,29)30/h4-11,21,31H,12-13H2,1-3H3,(H,36,37)/t21-/m0/s1. The molecule has 0 aliphatic carbocycles. The highest BCUT2D eigenvalue weighted by Gasteiger charge is 2.32.